The molecule has 3 aromatic carbocycles. The lowest BCUT2D eigenvalue weighted by atomic mass is 9.98. The van der Waals surface area contributed by atoms with Crippen molar-refractivity contribution in [2.24, 2.45) is 0 Å². The number of hydrogen-bond donors (Lipinski definition) is 2. The molecule has 0 aromatic heterocycles. The van der Waals surface area contributed by atoms with Gasteiger partial charge in [-0.2, -0.15) is 8.42 Å². The molecule has 0 saturated carbocycles. The molecule has 21 heavy (non-hydrogen) atoms. The minimum atomic E-state index is -4.32. The number of hydrogen-bond acceptors (Lipinski definition) is 3. The summed E-state index contributed by atoms with van der Waals surface area (Å²) in [7, 11) is -4.32. The van der Waals surface area contributed by atoms with Gasteiger partial charge >= 0.3 is 0 Å². The maximum Gasteiger partial charge on any atom is 0.295 e. The fourth-order valence-electron chi connectivity index (χ4n) is 2.44. The van der Waals surface area contributed by atoms with Gasteiger partial charge in [-0.1, -0.05) is 42.5 Å². The molecule has 0 radical (unpaired) electrons. The van der Waals surface area contributed by atoms with Crippen molar-refractivity contribution in [1.29, 1.82) is 0 Å². The van der Waals surface area contributed by atoms with Crippen molar-refractivity contribution in [3.63, 3.8) is 0 Å². The Balaban J connectivity index is 2.41. The Kier molecular flexibility index (Phi) is 3.16. The van der Waals surface area contributed by atoms with Crippen LogP contribution in [0.4, 0.5) is 5.69 Å². The van der Waals surface area contributed by atoms with E-state index in [-0.39, 0.29) is 4.90 Å². The first-order valence-corrected chi connectivity index (χ1v) is 7.76. The number of nitrogen functional groups attached to an aromatic ring is 1. The Morgan fingerprint density at radius 1 is 0.857 bits per heavy atom. The standard InChI is InChI=1S/C16H13NO3S/c17-12-8-9-16(21(18,19)20)15(10-12)14-7-3-5-11-4-1-2-6-13(11)14/h1-10H,17H2,(H,18,19,20). The number of benzene rings is 3. The Morgan fingerprint density at radius 2 is 1.57 bits per heavy atom. The van der Waals surface area contributed by atoms with Crippen LogP contribution >= 0.6 is 0 Å². The van der Waals surface area contributed by atoms with Gasteiger partial charge in [-0.05, 0) is 34.5 Å². The summed E-state index contributed by atoms with van der Waals surface area (Å²) < 4.78 is 32.6. The molecule has 0 unspecified atom stereocenters. The molecule has 0 saturated heterocycles. The van der Waals surface area contributed by atoms with Crippen molar-refractivity contribution in [1.82, 2.24) is 0 Å². The van der Waals surface area contributed by atoms with Gasteiger partial charge in [-0.15, -0.1) is 0 Å². The first-order chi connectivity index (χ1) is 9.97. The zero-order chi connectivity index (χ0) is 15.0. The van der Waals surface area contributed by atoms with E-state index in [4.69, 9.17) is 5.73 Å². The molecule has 106 valence electrons. The molecule has 3 N–H and O–H groups in total. The highest BCUT2D eigenvalue weighted by atomic mass is 32.2. The van der Waals surface area contributed by atoms with Crippen molar-refractivity contribution in [3.05, 3.63) is 60.7 Å². The molecule has 0 amide bonds. The van der Waals surface area contributed by atoms with Gasteiger partial charge in [0.25, 0.3) is 10.1 Å². The summed E-state index contributed by atoms with van der Waals surface area (Å²) in [5.41, 5.74) is 7.32. The maximum absolute atomic E-state index is 11.6. The highest BCUT2D eigenvalue weighted by Gasteiger charge is 2.18. The summed E-state index contributed by atoms with van der Waals surface area (Å²) in [5, 5.41) is 1.88. The highest BCUT2D eigenvalue weighted by molar-refractivity contribution is 7.86. The van der Waals surface area contributed by atoms with Crippen LogP contribution in [-0.2, 0) is 10.1 Å². The van der Waals surface area contributed by atoms with Gasteiger partial charge in [0.05, 0.1) is 0 Å². The zero-order valence-corrected chi connectivity index (χ0v) is 11.8. The van der Waals surface area contributed by atoms with Gasteiger partial charge in [0.1, 0.15) is 4.90 Å². The summed E-state index contributed by atoms with van der Waals surface area (Å²) in [5.74, 6) is 0. The lowest BCUT2D eigenvalue weighted by molar-refractivity contribution is 0.483. The molecular formula is C16H13NO3S. The second kappa shape index (κ2) is 4.87. The van der Waals surface area contributed by atoms with Gasteiger partial charge in [-0.3, -0.25) is 4.55 Å². The predicted molar refractivity (Wildman–Crippen MR) is 83.6 cm³/mol. The van der Waals surface area contributed by atoms with E-state index in [0.717, 1.165) is 10.8 Å². The van der Waals surface area contributed by atoms with Crippen LogP contribution in [0, 0.1) is 0 Å². The average Bonchev–Trinajstić information content (AvgIpc) is 2.45. The number of rotatable bonds is 2. The van der Waals surface area contributed by atoms with Crippen LogP contribution in [0.5, 0.6) is 0 Å². The lowest BCUT2D eigenvalue weighted by Crippen LogP contribution is -2.02. The predicted octanol–water partition coefficient (Wildman–Crippen LogP) is 3.34. The third-order valence-corrected chi connectivity index (χ3v) is 4.27. The second-order valence-corrected chi connectivity index (χ2v) is 6.15. The molecule has 0 aliphatic heterocycles. The maximum atomic E-state index is 11.6. The van der Waals surface area contributed by atoms with Crippen LogP contribution < -0.4 is 5.73 Å². The smallest absolute Gasteiger partial charge is 0.295 e. The van der Waals surface area contributed by atoms with Crippen molar-refractivity contribution in [2.45, 2.75) is 4.90 Å². The first-order valence-electron chi connectivity index (χ1n) is 6.32. The molecule has 0 spiro atoms. The Bertz CT molecular complexity index is 928. The molecule has 0 heterocycles. The minimum Gasteiger partial charge on any atom is -0.399 e. The molecule has 0 fully saturated rings. The molecule has 0 aliphatic carbocycles. The number of anilines is 1. The van der Waals surface area contributed by atoms with Gasteiger partial charge < -0.3 is 5.73 Å². The molecule has 5 heteroatoms. The first kappa shape index (κ1) is 13.6. The quantitative estimate of drug-likeness (QED) is 0.562. The fourth-order valence-corrected chi connectivity index (χ4v) is 3.13. The van der Waals surface area contributed by atoms with Crippen LogP contribution in [0.3, 0.4) is 0 Å². The van der Waals surface area contributed by atoms with E-state index in [1.54, 1.807) is 6.07 Å². The third kappa shape index (κ3) is 2.49. The fraction of sp³-hybridized carbons (Fsp3) is 0. The van der Waals surface area contributed by atoms with Crippen LogP contribution in [0.25, 0.3) is 21.9 Å². The molecule has 0 aliphatic rings. The summed E-state index contributed by atoms with van der Waals surface area (Å²) in [6.45, 7) is 0. The monoisotopic (exact) mass is 299 g/mol. The van der Waals surface area contributed by atoms with Gasteiger partial charge in [0, 0.05) is 11.3 Å². The molecule has 4 nitrogen and oxygen atoms in total. The highest BCUT2D eigenvalue weighted by Crippen LogP contribution is 2.34. The SMILES string of the molecule is Nc1ccc(S(=O)(=O)O)c(-c2cccc3ccccc23)c1. The Hall–Kier alpha value is -2.37. The molecular weight excluding hydrogens is 286 g/mol. The average molecular weight is 299 g/mol. The summed E-state index contributed by atoms with van der Waals surface area (Å²) >= 11 is 0. The molecule has 0 bridgehead atoms. The topological polar surface area (TPSA) is 80.4 Å². The van der Waals surface area contributed by atoms with Crippen LogP contribution in [0.15, 0.2) is 65.6 Å². The van der Waals surface area contributed by atoms with Crippen LogP contribution in [0.1, 0.15) is 0 Å². The van der Waals surface area contributed by atoms with Gasteiger partial charge in [0.15, 0.2) is 0 Å². The van der Waals surface area contributed by atoms with Gasteiger partial charge in [0.2, 0.25) is 0 Å². The van der Waals surface area contributed by atoms with E-state index >= 15 is 0 Å². The van der Waals surface area contributed by atoms with E-state index in [2.05, 4.69) is 0 Å². The second-order valence-electron chi connectivity index (χ2n) is 4.76. The lowest BCUT2D eigenvalue weighted by Gasteiger charge is -2.11. The van der Waals surface area contributed by atoms with E-state index < -0.39 is 10.1 Å². The summed E-state index contributed by atoms with van der Waals surface area (Å²) in [6.07, 6.45) is 0. The zero-order valence-electron chi connectivity index (χ0n) is 11.0. The summed E-state index contributed by atoms with van der Waals surface area (Å²) in [6, 6.07) is 17.6. The van der Waals surface area contributed by atoms with E-state index in [0.29, 0.717) is 16.8 Å². The Morgan fingerprint density at radius 3 is 2.33 bits per heavy atom. The molecule has 3 rings (SSSR count). The van der Waals surface area contributed by atoms with E-state index in [9.17, 15) is 13.0 Å². The van der Waals surface area contributed by atoms with E-state index in [1.807, 2.05) is 42.5 Å². The number of fused-ring (bicyclic) bond motifs is 1. The van der Waals surface area contributed by atoms with Crippen molar-refractivity contribution >= 4 is 26.6 Å². The van der Waals surface area contributed by atoms with Crippen LogP contribution in [-0.4, -0.2) is 13.0 Å². The third-order valence-electron chi connectivity index (χ3n) is 3.36. The molecule has 0 atom stereocenters. The molecule has 3 aromatic rings. The summed E-state index contributed by atoms with van der Waals surface area (Å²) in [4.78, 5) is -0.145. The largest absolute Gasteiger partial charge is 0.399 e. The minimum absolute atomic E-state index is 0.145. The van der Waals surface area contributed by atoms with Gasteiger partial charge in [-0.25, -0.2) is 0 Å². The normalized spacial score (nSPS) is 11.7. The van der Waals surface area contributed by atoms with Crippen molar-refractivity contribution < 1.29 is 13.0 Å². The van der Waals surface area contributed by atoms with E-state index in [1.165, 1.54) is 12.1 Å². The van der Waals surface area contributed by atoms with Crippen LogP contribution in [0.2, 0.25) is 0 Å². The number of nitrogens with two attached hydrogens (primary N) is 1. The van der Waals surface area contributed by atoms with Crippen molar-refractivity contribution in [2.75, 3.05) is 5.73 Å². The van der Waals surface area contributed by atoms with Crippen molar-refractivity contribution in [3.8, 4) is 11.1 Å². The Labute approximate surface area is 122 Å².